The lowest BCUT2D eigenvalue weighted by atomic mass is 10.6. The number of hydrogen-bond acceptors (Lipinski definition) is 3. The van der Waals surface area contributed by atoms with E-state index in [1.165, 1.54) is 0 Å². The smallest absolute Gasteiger partial charge is 0.119 e. The molecule has 0 amide bonds. The van der Waals surface area contributed by atoms with Crippen molar-refractivity contribution in [1.29, 1.82) is 0 Å². The fourth-order valence-electron chi connectivity index (χ4n) is 0.473. The third kappa shape index (κ3) is 3.80. The van der Waals surface area contributed by atoms with E-state index in [9.17, 15) is 0 Å². The molecule has 2 rings (SSSR count). The van der Waals surface area contributed by atoms with Gasteiger partial charge in [-0.2, -0.15) is 5.10 Å². The summed E-state index contributed by atoms with van der Waals surface area (Å²) in [5.74, 6) is 0. The van der Waals surface area contributed by atoms with Crippen LogP contribution in [0.2, 0.25) is 0 Å². The second-order valence-corrected chi connectivity index (χ2v) is 1.69. The average Bonchev–Trinajstić information content (AvgIpc) is 2.64. The van der Waals surface area contributed by atoms with Crippen LogP contribution in [-0.4, -0.2) is 10.2 Å². The minimum Gasteiger partial charge on any atom is -0.391 e. The van der Waals surface area contributed by atoms with Gasteiger partial charge >= 0.3 is 0 Å². The molecule has 0 unspecified atom stereocenters. The molecule has 4 heteroatoms. The number of hydrogen-bond donors (Lipinski definition) is 2. The van der Waals surface area contributed by atoms with Crippen LogP contribution in [0.3, 0.4) is 0 Å². The normalized spacial score (nSPS) is 12.4. The molecule has 0 bridgehead atoms. The molecule has 11 heavy (non-hydrogen) atoms. The van der Waals surface area contributed by atoms with Crippen molar-refractivity contribution < 1.29 is 4.84 Å². The highest BCUT2D eigenvalue weighted by atomic mass is 16.6. The van der Waals surface area contributed by atoms with Gasteiger partial charge in [0.05, 0.1) is 0 Å². The maximum absolute atomic E-state index is 4.55. The molecule has 0 aromatic carbocycles. The van der Waals surface area contributed by atoms with E-state index >= 15 is 0 Å². The zero-order valence-corrected chi connectivity index (χ0v) is 5.90. The summed E-state index contributed by atoms with van der Waals surface area (Å²) >= 11 is 0. The van der Waals surface area contributed by atoms with Crippen molar-refractivity contribution in [1.82, 2.24) is 15.7 Å². The van der Waals surface area contributed by atoms with Crippen LogP contribution in [-0.2, 0) is 4.84 Å². The molecule has 2 heterocycles. The van der Waals surface area contributed by atoms with Gasteiger partial charge in [0.1, 0.15) is 6.26 Å². The Morgan fingerprint density at radius 3 is 2.45 bits per heavy atom. The van der Waals surface area contributed by atoms with E-state index in [0.29, 0.717) is 0 Å². The molecular formula is C7H9N3O. The van der Waals surface area contributed by atoms with Crippen molar-refractivity contribution >= 4 is 0 Å². The summed E-state index contributed by atoms with van der Waals surface area (Å²) < 4.78 is 0. The molecule has 1 aromatic heterocycles. The Morgan fingerprint density at radius 1 is 1.27 bits per heavy atom. The van der Waals surface area contributed by atoms with Crippen molar-refractivity contribution in [3.63, 3.8) is 0 Å². The Hall–Kier alpha value is -1.71. The number of rotatable bonds is 0. The highest BCUT2D eigenvalue weighted by molar-refractivity contribution is 5.00. The molecule has 0 saturated heterocycles. The van der Waals surface area contributed by atoms with Gasteiger partial charge < -0.3 is 4.84 Å². The van der Waals surface area contributed by atoms with Gasteiger partial charge in [-0.25, -0.2) is 5.48 Å². The van der Waals surface area contributed by atoms with Crippen LogP contribution in [0, 0.1) is 0 Å². The first-order valence-electron chi connectivity index (χ1n) is 3.17. The number of nitrogens with zero attached hydrogens (tertiary/aromatic N) is 1. The lowest BCUT2D eigenvalue weighted by molar-refractivity contribution is 0.172. The van der Waals surface area contributed by atoms with Gasteiger partial charge in [-0.3, -0.25) is 5.10 Å². The van der Waals surface area contributed by atoms with Crippen LogP contribution in [0.25, 0.3) is 0 Å². The fourth-order valence-corrected chi connectivity index (χ4v) is 0.473. The van der Waals surface area contributed by atoms with Crippen molar-refractivity contribution in [2.75, 3.05) is 0 Å². The quantitative estimate of drug-likeness (QED) is 0.580. The van der Waals surface area contributed by atoms with E-state index in [-0.39, 0.29) is 0 Å². The van der Waals surface area contributed by atoms with Gasteiger partial charge in [0.15, 0.2) is 0 Å². The van der Waals surface area contributed by atoms with Crippen LogP contribution in [0.4, 0.5) is 0 Å². The summed E-state index contributed by atoms with van der Waals surface area (Å²) in [5, 5.41) is 6.21. The molecule has 0 fully saturated rings. The highest BCUT2D eigenvalue weighted by Crippen LogP contribution is 1.80. The Kier molecular flexibility index (Phi) is 3.43. The Balaban J connectivity index is 0.000000112. The molecule has 58 valence electrons. The molecule has 0 radical (unpaired) electrons. The van der Waals surface area contributed by atoms with Gasteiger partial charge in [0, 0.05) is 18.6 Å². The van der Waals surface area contributed by atoms with Crippen LogP contribution in [0.5, 0.6) is 0 Å². The summed E-state index contributed by atoms with van der Waals surface area (Å²) in [6.07, 6.45) is 10.4. The molecule has 4 nitrogen and oxygen atoms in total. The van der Waals surface area contributed by atoms with Crippen molar-refractivity contribution in [2.45, 2.75) is 0 Å². The maximum atomic E-state index is 4.55. The summed E-state index contributed by atoms with van der Waals surface area (Å²) in [5.41, 5.74) is 2.52. The van der Waals surface area contributed by atoms with Crippen molar-refractivity contribution in [3.05, 3.63) is 43.1 Å². The fraction of sp³-hybridized carbons (Fsp3) is 0. The summed E-state index contributed by atoms with van der Waals surface area (Å²) in [6.45, 7) is 0. The van der Waals surface area contributed by atoms with E-state index in [1.807, 2.05) is 12.1 Å². The predicted molar refractivity (Wildman–Crippen MR) is 41.1 cm³/mol. The van der Waals surface area contributed by atoms with Gasteiger partial charge in [-0.1, -0.05) is 0 Å². The van der Waals surface area contributed by atoms with Crippen LogP contribution < -0.4 is 5.48 Å². The van der Waals surface area contributed by atoms with Crippen LogP contribution in [0.1, 0.15) is 0 Å². The molecule has 1 aliphatic rings. The van der Waals surface area contributed by atoms with Crippen molar-refractivity contribution in [3.8, 4) is 0 Å². The highest BCUT2D eigenvalue weighted by Gasteiger charge is 1.72. The average molecular weight is 151 g/mol. The van der Waals surface area contributed by atoms with E-state index in [0.717, 1.165) is 0 Å². The first kappa shape index (κ1) is 7.40. The number of hydroxylamine groups is 1. The second-order valence-electron chi connectivity index (χ2n) is 1.69. The second kappa shape index (κ2) is 5.10. The topological polar surface area (TPSA) is 49.9 Å². The Bertz CT molecular complexity index is 186. The van der Waals surface area contributed by atoms with Crippen LogP contribution in [0.15, 0.2) is 43.1 Å². The number of H-pyrrole nitrogens is 1. The zero-order chi connectivity index (χ0) is 7.78. The predicted octanol–water partition coefficient (Wildman–Crippen LogP) is 0.958. The van der Waals surface area contributed by atoms with Crippen molar-refractivity contribution in [2.24, 2.45) is 0 Å². The Labute approximate surface area is 64.5 Å². The molecule has 1 aromatic rings. The lowest BCUT2D eigenvalue weighted by Crippen LogP contribution is -2.01. The molecule has 0 spiro atoms. The summed E-state index contributed by atoms with van der Waals surface area (Å²) in [6, 6.07) is 1.83. The van der Waals surface area contributed by atoms with E-state index in [4.69, 9.17) is 0 Å². The summed E-state index contributed by atoms with van der Waals surface area (Å²) in [4.78, 5) is 4.55. The summed E-state index contributed by atoms with van der Waals surface area (Å²) in [7, 11) is 0. The minimum absolute atomic E-state index is 1.57. The number of nitrogens with one attached hydrogen (secondary N) is 2. The van der Waals surface area contributed by atoms with E-state index < -0.39 is 0 Å². The monoisotopic (exact) mass is 151 g/mol. The van der Waals surface area contributed by atoms with Gasteiger partial charge in [-0.15, -0.1) is 0 Å². The first-order valence-corrected chi connectivity index (χ1v) is 3.17. The minimum atomic E-state index is 1.57. The van der Waals surface area contributed by atoms with E-state index in [1.54, 1.807) is 30.9 Å². The largest absolute Gasteiger partial charge is 0.391 e. The third-order valence-corrected chi connectivity index (χ3v) is 0.896. The van der Waals surface area contributed by atoms with Gasteiger partial charge in [0.25, 0.3) is 0 Å². The van der Waals surface area contributed by atoms with Crippen LogP contribution >= 0.6 is 0 Å². The number of allylic oxidation sites excluding steroid dienone is 2. The maximum Gasteiger partial charge on any atom is 0.119 e. The number of aromatic amines is 1. The third-order valence-electron chi connectivity index (χ3n) is 0.896. The molecule has 1 aliphatic heterocycles. The SMILES string of the molecule is C1=CNOC=C1.c1cn[nH]c1. The Morgan fingerprint density at radius 2 is 2.27 bits per heavy atom. The van der Waals surface area contributed by atoms with E-state index in [2.05, 4.69) is 20.5 Å². The number of aromatic nitrogens is 2. The molecule has 2 N–H and O–H groups in total. The lowest BCUT2D eigenvalue weighted by Gasteiger charge is -1.97. The molecule has 0 saturated carbocycles. The first-order chi connectivity index (χ1) is 5.50. The molecular weight excluding hydrogens is 142 g/mol. The zero-order valence-electron chi connectivity index (χ0n) is 5.90. The van der Waals surface area contributed by atoms with Gasteiger partial charge in [0.2, 0.25) is 0 Å². The molecule has 0 aliphatic carbocycles. The standard InChI is InChI=1S/C4H5NO.C3H4N2/c1-2-4-6-5-3-1;1-2-4-5-3-1/h1-5H;1-3H,(H,4,5). The van der Waals surface area contributed by atoms with Gasteiger partial charge in [-0.05, 0) is 18.2 Å². The molecule has 0 atom stereocenters.